The van der Waals surface area contributed by atoms with Gasteiger partial charge in [-0.2, -0.15) is 0 Å². The van der Waals surface area contributed by atoms with Gasteiger partial charge in [-0.1, -0.05) is 23.4 Å². The largest absolute Gasteiger partial charge is 0.481 e. The molecule has 19 heavy (non-hydrogen) atoms. The normalized spacial score (nSPS) is 14.6. The minimum absolute atomic E-state index is 0.0623. The fourth-order valence-electron chi connectivity index (χ4n) is 2.49. The van der Waals surface area contributed by atoms with E-state index in [0.717, 1.165) is 41.0 Å². The second kappa shape index (κ2) is 4.53. The first-order valence-corrected chi connectivity index (χ1v) is 6.42. The monoisotopic (exact) mass is 257 g/mol. The Bertz CT molecular complexity index is 626. The fraction of sp³-hybridized carbons (Fsp3) is 0.333. The van der Waals surface area contributed by atoms with Crippen molar-refractivity contribution in [3.8, 4) is 11.3 Å². The minimum atomic E-state index is -0.798. The number of hydrogen-bond donors (Lipinski definition) is 1. The Morgan fingerprint density at radius 1 is 1.47 bits per heavy atom. The van der Waals surface area contributed by atoms with Gasteiger partial charge in [-0.3, -0.25) is 4.79 Å². The topological polar surface area (TPSA) is 63.3 Å². The first-order valence-electron chi connectivity index (χ1n) is 6.42. The van der Waals surface area contributed by atoms with Gasteiger partial charge in [-0.25, -0.2) is 0 Å². The van der Waals surface area contributed by atoms with E-state index in [1.165, 1.54) is 0 Å². The summed E-state index contributed by atoms with van der Waals surface area (Å²) in [5, 5.41) is 12.9. The van der Waals surface area contributed by atoms with Crippen molar-refractivity contribution in [3.05, 3.63) is 41.1 Å². The van der Waals surface area contributed by atoms with Crippen molar-refractivity contribution in [3.63, 3.8) is 0 Å². The molecule has 1 heterocycles. The molecule has 2 aromatic rings. The molecule has 1 fully saturated rings. The van der Waals surface area contributed by atoms with Gasteiger partial charge in [0.2, 0.25) is 0 Å². The quantitative estimate of drug-likeness (QED) is 0.913. The average Bonchev–Trinajstić information content (AvgIpc) is 3.10. The molecule has 1 aromatic carbocycles. The molecule has 0 spiro atoms. The van der Waals surface area contributed by atoms with Crippen LogP contribution in [0.4, 0.5) is 0 Å². The van der Waals surface area contributed by atoms with Crippen LogP contribution < -0.4 is 0 Å². The molecule has 0 unspecified atom stereocenters. The zero-order valence-corrected chi connectivity index (χ0v) is 10.7. The summed E-state index contributed by atoms with van der Waals surface area (Å²) in [6.07, 6.45) is 2.31. The highest BCUT2D eigenvalue weighted by Crippen LogP contribution is 2.46. The van der Waals surface area contributed by atoms with Gasteiger partial charge in [-0.05, 0) is 36.8 Å². The van der Waals surface area contributed by atoms with Gasteiger partial charge >= 0.3 is 5.97 Å². The predicted molar refractivity (Wildman–Crippen MR) is 70.0 cm³/mol. The molecule has 0 bridgehead atoms. The summed E-state index contributed by atoms with van der Waals surface area (Å²) in [7, 11) is 0. The second-order valence-electron chi connectivity index (χ2n) is 5.06. The van der Waals surface area contributed by atoms with Crippen molar-refractivity contribution in [2.24, 2.45) is 0 Å². The molecule has 1 aliphatic carbocycles. The van der Waals surface area contributed by atoms with Gasteiger partial charge in [0, 0.05) is 11.6 Å². The van der Waals surface area contributed by atoms with Crippen LogP contribution in [0.15, 0.2) is 28.8 Å². The van der Waals surface area contributed by atoms with E-state index in [2.05, 4.69) is 5.16 Å². The van der Waals surface area contributed by atoms with E-state index in [1.807, 2.05) is 31.2 Å². The third kappa shape index (κ3) is 2.38. The molecule has 1 saturated carbocycles. The number of nitrogens with zero attached hydrogens (tertiary/aromatic N) is 1. The third-order valence-electron chi connectivity index (χ3n) is 3.42. The number of carboxylic acid groups (broad SMARTS) is 1. The maximum atomic E-state index is 11.0. The Labute approximate surface area is 111 Å². The SMILES string of the molecule is Cc1cc(-c2cccc(CC(=O)O)c2C2CC2)on1. The summed E-state index contributed by atoms with van der Waals surface area (Å²) < 4.78 is 5.33. The van der Waals surface area contributed by atoms with Gasteiger partial charge in [0.1, 0.15) is 0 Å². The molecule has 1 aliphatic rings. The van der Waals surface area contributed by atoms with Crippen LogP contribution in [0.1, 0.15) is 35.6 Å². The van der Waals surface area contributed by atoms with Crippen molar-refractivity contribution in [2.75, 3.05) is 0 Å². The molecule has 98 valence electrons. The summed E-state index contributed by atoms with van der Waals surface area (Å²) in [6.45, 7) is 1.88. The van der Waals surface area contributed by atoms with Gasteiger partial charge in [-0.15, -0.1) is 0 Å². The van der Waals surface area contributed by atoms with Gasteiger partial charge in [0.25, 0.3) is 0 Å². The fourth-order valence-corrected chi connectivity index (χ4v) is 2.49. The predicted octanol–water partition coefficient (Wildman–Crippen LogP) is 3.15. The number of aryl methyl sites for hydroxylation is 1. The minimum Gasteiger partial charge on any atom is -0.481 e. The van der Waals surface area contributed by atoms with Crippen LogP contribution in [0.25, 0.3) is 11.3 Å². The molecular formula is C15H15NO3. The van der Waals surface area contributed by atoms with E-state index in [-0.39, 0.29) is 6.42 Å². The lowest BCUT2D eigenvalue weighted by molar-refractivity contribution is -0.136. The first-order chi connectivity index (χ1) is 9.15. The molecule has 1 N–H and O–H groups in total. The van der Waals surface area contributed by atoms with Crippen LogP contribution >= 0.6 is 0 Å². The molecule has 0 atom stereocenters. The second-order valence-corrected chi connectivity index (χ2v) is 5.06. The number of carboxylic acids is 1. The Morgan fingerprint density at radius 2 is 2.26 bits per heavy atom. The molecule has 1 aromatic heterocycles. The highest BCUT2D eigenvalue weighted by molar-refractivity contribution is 5.74. The van der Waals surface area contributed by atoms with Crippen LogP contribution in [-0.2, 0) is 11.2 Å². The van der Waals surface area contributed by atoms with E-state index < -0.39 is 5.97 Å². The highest BCUT2D eigenvalue weighted by Gasteiger charge is 2.30. The van der Waals surface area contributed by atoms with E-state index in [1.54, 1.807) is 0 Å². The van der Waals surface area contributed by atoms with Crippen molar-refractivity contribution < 1.29 is 14.4 Å². The Hall–Kier alpha value is -2.10. The van der Waals surface area contributed by atoms with Crippen molar-refractivity contribution in [1.29, 1.82) is 0 Å². The standard InChI is InChI=1S/C15H15NO3/c1-9-7-13(19-16-9)12-4-2-3-11(8-14(17)18)15(12)10-5-6-10/h2-4,7,10H,5-6,8H2,1H3,(H,17,18). The van der Waals surface area contributed by atoms with Gasteiger partial charge in [0.15, 0.2) is 5.76 Å². The Morgan fingerprint density at radius 3 is 2.84 bits per heavy atom. The summed E-state index contributed by atoms with van der Waals surface area (Å²) in [5.41, 5.74) is 3.84. The van der Waals surface area contributed by atoms with Crippen molar-refractivity contribution in [1.82, 2.24) is 5.16 Å². The number of carbonyl (C=O) groups is 1. The summed E-state index contributed by atoms with van der Waals surface area (Å²) in [5.74, 6) is 0.399. The molecule has 0 aliphatic heterocycles. The number of hydrogen-bond acceptors (Lipinski definition) is 3. The number of benzene rings is 1. The zero-order chi connectivity index (χ0) is 13.4. The van der Waals surface area contributed by atoms with Crippen LogP contribution in [0.5, 0.6) is 0 Å². The number of rotatable bonds is 4. The maximum absolute atomic E-state index is 11.0. The molecule has 0 radical (unpaired) electrons. The third-order valence-corrected chi connectivity index (χ3v) is 3.42. The Kier molecular flexibility index (Phi) is 2.85. The summed E-state index contributed by atoms with van der Waals surface area (Å²) in [4.78, 5) is 11.0. The molecular weight excluding hydrogens is 242 g/mol. The lowest BCUT2D eigenvalue weighted by Gasteiger charge is -2.11. The smallest absolute Gasteiger partial charge is 0.307 e. The lowest BCUT2D eigenvalue weighted by atomic mass is 9.93. The molecule has 4 nitrogen and oxygen atoms in total. The summed E-state index contributed by atoms with van der Waals surface area (Å²) in [6, 6.07) is 7.66. The van der Waals surface area contributed by atoms with Crippen molar-refractivity contribution >= 4 is 5.97 Å². The van der Waals surface area contributed by atoms with Gasteiger partial charge in [0.05, 0.1) is 12.1 Å². The summed E-state index contributed by atoms with van der Waals surface area (Å²) >= 11 is 0. The maximum Gasteiger partial charge on any atom is 0.307 e. The van der Waals surface area contributed by atoms with Crippen LogP contribution in [0.2, 0.25) is 0 Å². The molecule has 0 amide bonds. The van der Waals surface area contributed by atoms with E-state index in [9.17, 15) is 4.79 Å². The van der Waals surface area contributed by atoms with Crippen LogP contribution in [0, 0.1) is 6.92 Å². The van der Waals surface area contributed by atoms with E-state index >= 15 is 0 Å². The number of aliphatic carboxylic acids is 1. The van der Waals surface area contributed by atoms with Gasteiger partial charge < -0.3 is 9.63 Å². The number of aromatic nitrogens is 1. The van der Waals surface area contributed by atoms with E-state index in [4.69, 9.17) is 9.63 Å². The zero-order valence-electron chi connectivity index (χ0n) is 10.7. The highest BCUT2D eigenvalue weighted by atomic mass is 16.5. The average molecular weight is 257 g/mol. The molecule has 0 saturated heterocycles. The van der Waals surface area contributed by atoms with Crippen LogP contribution in [0.3, 0.4) is 0 Å². The lowest BCUT2D eigenvalue weighted by Crippen LogP contribution is -2.04. The molecule has 3 rings (SSSR count). The van der Waals surface area contributed by atoms with Crippen molar-refractivity contribution in [2.45, 2.75) is 32.1 Å². The first kappa shape index (κ1) is 12.0. The Balaban J connectivity index is 2.10. The molecule has 4 heteroatoms. The van der Waals surface area contributed by atoms with E-state index in [0.29, 0.717) is 5.92 Å². The van der Waals surface area contributed by atoms with Crippen LogP contribution in [-0.4, -0.2) is 16.2 Å².